The van der Waals surface area contributed by atoms with Crippen molar-refractivity contribution >= 4 is 11.8 Å². The van der Waals surface area contributed by atoms with E-state index in [0.29, 0.717) is 13.1 Å². The van der Waals surface area contributed by atoms with Crippen LogP contribution < -0.4 is 21.7 Å². The van der Waals surface area contributed by atoms with Crippen LogP contribution in [0, 0.1) is 5.92 Å². The summed E-state index contributed by atoms with van der Waals surface area (Å²) in [7, 11) is 0. The van der Waals surface area contributed by atoms with Crippen LogP contribution in [-0.2, 0) is 16.0 Å². The summed E-state index contributed by atoms with van der Waals surface area (Å²) in [5.74, 6) is -0.321. The maximum Gasteiger partial charge on any atom is 0.242 e. The quantitative estimate of drug-likeness (QED) is 0.476. The van der Waals surface area contributed by atoms with Gasteiger partial charge in [0.05, 0.1) is 6.04 Å². The molecule has 26 heavy (non-hydrogen) atoms. The van der Waals surface area contributed by atoms with Crippen molar-refractivity contribution in [1.29, 1.82) is 0 Å². The number of rotatable bonds is 11. The lowest BCUT2D eigenvalue weighted by Gasteiger charge is -2.24. The van der Waals surface area contributed by atoms with Gasteiger partial charge >= 0.3 is 0 Å². The van der Waals surface area contributed by atoms with Crippen molar-refractivity contribution in [2.24, 2.45) is 11.7 Å². The van der Waals surface area contributed by atoms with E-state index in [1.165, 1.54) is 5.56 Å². The highest BCUT2D eigenvalue weighted by atomic mass is 16.2. The van der Waals surface area contributed by atoms with Crippen molar-refractivity contribution < 1.29 is 9.59 Å². The van der Waals surface area contributed by atoms with Crippen LogP contribution in [0.25, 0.3) is 0 Å². The molecule has 0 aliphatic rings. The van der Waals surface area contributed by atoms with Crippen LogP contribution in [0.4, 0.5) is 0 Å². The SMILES string of the molecule is CCNC(=O)[C@@H](NC(=O)[C@H](C)NC[C@@H](N)CCc1ccccc1)C(C)C. The van der Waals surface area contributed by atoms with E-state index in [1.54, 1.807) is 6.92 Å². The van der Waals surface area contributed by atoms with Crippen LogP contribution in [0.5, 0.6) is 0 Å². The fourth-order valence-electron chi connectivity index (χ4n) is 2.62. The van der Waals surface area contributed by atoms with Crippen molar-refractivity contribution in [2.75, 3.05) is 13.1 Å². The smallest absolute Gasteiger partial charge is 0.242 e. The molecule has 1 rings (SSSR count). The molecule has 0 fully saturated rings. The fraction of sp³-hybridized carbons (Fsp3) is 0.600. The topological polar surface area (TPSA) is 96.2 Å². The van der Waals surface area contributed by atoms with Gasteiger partial charge in [-0.05, 0) is 38.2 Å². The van der Waals surface area contributed by atoms with Gasteiger partial charge in [0.2, 0.25) is 11.8 Å². The third-order valence-electron chi connectivity index (χ3n) is 4.32. The summed E-state index contributed by atoms with van der Waals surface area (Å²) in [6.07, 6.45) is 1.76. The van der Waals surface area contributed by atoms with Crippen LogP contribution in [-0.4, -0.2) is 43.0 Å². The zero-order valence-corrected chi connectivity index (χ0v) is 16.4. The average molecular weight is 363 g/mol. The number of aryl methyl sites for hydroxylation is 1. The number of carbonyl (C=O) groups excluding carboxylic acids is 2. The Morgan fingerprint density at radius 2 is 1.73 bits per heavy atom. The molecule has 1 aromatic carbocycles. The summed E-state index contributed by atoms with van der Waals surface area (Å²) in [6.45, 7) is 8.57. The number of nitrogens with two attached hydrogens (primary N) is 1. The number of amides is 2. The molecule has 6 nitrogen and oxygen atoms in total. The Morgan fingerprint density at radius 3 is 2.31 bits per heavy atom. The Hall–Kier alpha value is -1.92. The molecule has 0 saturated carbocycles. The fourth-order valence-corrected chi connectivity index (χ4v) is 2.62. The number of likely N-dealkylation sites (N-methyl/N-ethyl adjacent to an activating group) is 1. The standard InChI is InChI=1S/C20H34N4O2/c1-5-22-20(26)18(14(2)3)24-19(25)15(4)23-13-17(21)12-11-16-9-7-6-8-10-16/h6-10,14-15,17-18,23H,5,11-13,21H2,1-4H3,(H,22,26)(H,24,25)/t15-,17-,18-/m0/s1. The minimum atomic E-state index is -0.529. The zero-order chi connectivity index (χ0) is 19.5. The Morgan fingerprint density at radius 1 is 1.08 bits per heavy atom. The first-order valence-electron chi connectivity index (χ1n) is 9.46. The molecule has 0 unspecified atom stereocenters. The van der Waals surface area contributed by atoms with Crippen LogP contribution in [0.2, 0.25) is 0 Å². The molecule has 0 aliphatic carbocycles. The number of benzene rings is 1. The largest absolute Gasteiger partial charge is 0.355 e. The number of nitrogens with one attached hydrogen (secondary N) is 3. The molecule has 0 spiro atoms. The van der Waals surface area contributed by atoms with Gasteiger partial charge < -0.3 is 21.7 Å². The Kier molecular flexibility index (Phi) is 9.91. The molecule has 0 bridgehead atoms. The highest BCUT2D eigenvalue weighted by molar-refractivity contribution is 5.89. The zero-order valence-electron chi connectivity index (χ0n) is 16.4. The predicted molar refractivity (Wildman–Crippen MR) is 106 cm³/mol. The van der Waals surface area contributed by atoms with Gasteiger partial charge in [0.15, 0.2) is 0 Å². The average Bonchev–Trinajstić information content (AvgIpc) is 2.62. The van der Waals surface area contributed by atoms with E-state index in [0.717, 1.165) is 12.8 Å². The van der Waals surface area contributed by atoms with Gasteiger partial charge in [-0.25, -0.2) is 0 Å². The second kappa shape index (κ2) is 11.6. The first-order valence-corrected chi connectivity index (χ1v) is 9.46. The van der Waals surface area contributed by atoms with Gasteiger partial charge in [0.1, 0.15) is 6.04 Å². The summed E-state index contributed by atoms with van der Waals surface area (Å²) >= 11 is 0. The third-order valence-corrected chi connectivity index (χ3v) is 4.32. The van der Waals surface area contributed by atoms with Crippen molar-refractivity contribution in [3.05, 3.63) is 35.9 Å². The number of hydrogen-bond acceptors (Lipinski definition) is 4. The summed E-state index contributed by atoms with van der Waals surface area (Å²) < 4.78 is 0. The molecule has 3 atom stereocenters. The monoisotopic (exact) mass is 362 g/mol. The van der Waals surface area contributed by atoms with Crippen molar-refractivity contribution in [1.82, 2.24) is 16.0 Å². The number of carbonyl (C=O) groups is 2. The normalized spacial score (nSPS) is 14.5. The maximum absolute atomic E-state index is 12.4. The molecule has 146 valence electrons. The van der Waals surface area contributed by atoms with Gasteiger partial charge in [0.25, 0.3) is 0 Å². The maximum atomic E-state index is 12.4. The molecule has 0 saturated heterocycles. The second-order valence-electron chi connectivity index (χ2n) is 7.04. The van der Waals surface area contributed by atoms with E-state index >= 15 is 0 Å². The van der Waals surface area contributed by atoms with E-state index < -0.39 is 12.1 Å². The van der Waals surface area contributed by atoms with E-state index in [2.05, 4.69) is 28.1 Å². The van der Waals surface area contributed by atoms with Crippen LogP contribution in [0.15, 0.2) is 30.3 Å². The molecule has 6 heteroatoms. The van der Waals surface area contributed by atoms with Gasteiger partial charge in [-0.1, -0.05) is 44.2 Å². The summed E-state index contributed by atoms with van der Waals surface area (Å²) in [6, 6.07) is 9.24. The van der Waals surface area contributed by atoms with E-state index in [1.807, 2.05) is 39.0 Å². The highest BCUT2D eigenvalue weighted by Gasteiger charge is 2.25. The van der Waals surface area contributed by atoms with Gasteiger partial charge in [-0.2, -0.15) is 0 Å². The van der Waals surface area contributed by atoms with Crippen LogP contribution in [0.3, 0.4) is 0 Å². The first-order chi connectivity index (χ1) is 12.3. The van der Waals surface area contributed by atoms with Crippen molar-refractivity contribution in [3.63, 3.8) is 0 Å². The third kappa shape index (κ3) is 7.97. The van der Waals surface area contributed by atoms with E-state index in [-0.39, 0.29) is 23.8 Å². The molecule has 5 N–H and O–H groups in total. The Labute approximate surface area is 157 Å². The van der Waals surface area contributed by atoms with Gasteiger partial charge in [-0.15, -0.1) is 0 Å². The molecule has 0 aliphatic heterocycles. The van der Waals surface area contributed by atoms with Gasteiger partial charge in [-0.3, -0.25) is 9.59 Å². The minimum absolute atomic E-state index is 0.0193. The second-order valence-corrected chi connectivity index (χ2v) is 7.04. The summed E-state index contributed by atoms with van der Waals surface area (Å²) in [5.41, 5.74) is 7.41. The minimum Gasteiger partial charge on any atom is -0.355 e. The molecule has 2 amide bonds. The van der Waals surface area contributed by atoms with Crippen molar-refractivity contribution in [2.45, 2.75) is 58.7 Å². The highest BCUT2D eigenvalue weighted by Crippen LogP contribution is 2.04. The lowest BCUT2D eigenvalue weighted by molar-refractivity contribution is -0.130. The number of hydrogen-bond donors (Lipinski definition) is 4. The summed E-state index contributed by atoms with van der Waals surface area (Å²) in [5, 5.41) is 8.75. The van der Waals surface area contributed by atoms with Crippen LogP contribution in [0.1, 0.15) is 39.7 Å². The molecule has 0 radical (unpaired) electrons. The molecule has 1 aromatic rings. The Balaban J connectivity index is 2.39. The van der Waals surface area contributed by atoms with E-state index in [9.17, 15) is 9.59 Å². The van der Waals surface area contributed by atoms with Gasteiger partial charge in [0, 0.05) is 19.1 Å². The Bertz CT molecular complexity index is 548. The summed E-state index contributed by atoms with van der Waals surface area (Å²) in [4.78, 5) is 24.4. The predicted octanol–water partition coefficient (Wildman–Crippen LogP) is 1.20. The molecular weight excluding hydrogens is 328 g/mol. The molecule has 0 aromatic heterocycles. The first kappa shape index (κ1) is 22.1. The van der Waals surface area contributed by atoms with Crippen LogP contribution >= 0.6 is 0 Å². The van der Waals surface area contributed by atoms with Crippen molar-refractivity contribution in [3.8, 4) is 0 Å². The lowest BCUT2D eigenvalue weighted by atomic mass is 10.0. The molecule has 0 heterocycles. The lowest BCUT2D eigenvalue weighted by Crippen LogP contribution is -2.54. The van der Waals surface area contributed by atoms with E-state index in [4.69, 9.17) is 5.73 Å². The molecular formula is C20H34N4O2.